The van der Waals surface area contributed by atoms with Gasteiger partial charge in [0.2, 0.25) is 0 Å². The van der Waals surface area contributed by atoms with Gasteiger partial charge in [-0.3, -0.25) is 9.59 Å². The Morgan fingerprint density at radius 1 is 0.682 bits per heavy atom. The second-order valence-electron chi connectivity index (χ2n) is 4.60. The molecular weight excluding hydrogens is 284 g/mol. The molecule has 0 aliphatic carbocycles. The zero-order valence-corrected chi connectivity index (χ0v) is 11.6. The number of hydrogen-bond donors (Lipinski definition) is 4. The molecule has 0 saturated carbocycles. The van der Waals surface area contributed by atoms with Crippen LogP contribution >= 0.6 is 0 Å². The molecule has 2 aromatic rings. The van der Waals surface area contributed by atoms with Crippen molar-refractivity contribution in [3.8, 4) is 0 Å². The van der Waals surface area contributed by atoms with Crippen LogP contribution in [-0.2, 0) is 9.59 Å². The van der Waals surface area contributed by atoms with Crippen molar-refractivity contribution < 1.29 is 19.8 Å². The van der Waals surface area contributed by atoms with Crippen molar-refractivity contribution in [3.05, 3.63) is 60.7 Å². The molecule has 0 heterocycles. The lowest BCUT2D eigenvalue weighted by Gasteiger charge is -2.17. The average molecular weight is 300 g/mol. The molecule has 0 unspecified atom stereocenters. The summed E-state index contributed by atoms with van der Waals surface area (Å²) in [7, 11) is 0. The smallest absolute Gasteiger partial charge is 0.256 e. The van der Waals surface area contributed by atoms with Crippen LogP contribution < -0.4 is 10.6 Å². The molecular formula is C16H16N2O4. The second kappa shape index (κ2) is 7.35. The Labute approximate surface area is 127 Å². The third kappa shape index (κ3) is 4.15. The van der Waals surface area contributed by atoms with E-state index in [-0.39, 0.29) is 0 Å². The van der Waals surface area contributed by atoms with Gasteiger partial charge in [-0.05, 0) is 24.3 Å². The minimum Gasteiger partial charge on any atom is -0.380 e. The van der Waals surface area contributed by atoms with Gasteiger partial charge >= 0.3 is 0 Å². The first-order chi connectivity index (χ1) is 10.6. The maximum atomic E-state index is 11.8. The summed E-state index contributed by atoms with van der Waals surface area (Å²) in [6, 6.07) is 16.9. The molecule has 0 aliphatic rings. The highest BCUT2D eigenvalue weighted by Crippen LogP contribution is 2.09. The molecule has 6 heteroatoms. The van der Waals surface area contributed by atoms with Crippen LogP contribution in [0.3, 0.4) is 0 Å². The minimum atomic E-state index is -1.87. The third-order valence-corrected chi connectivity index (χ3v) is 2.92. The molecule has 4 N–H and O–H groups in total. The van der Waals surface area contributed by atoms with Crippen molar-refractivity contribution in [1.82, 2.24) is 0 Å². The Morgan fingerprint density at radius 2 is 1.00 bits per heavy atom. The summed E-state index contributed by atoms with van der Waals surface area (Å²) in [6.45, 7) is 0. The molecule has 0 fully saturated rings. The van der Waals surface area contributed by atoms with E-state index in [0.29, 0.717) is 11.4 Å². The molecule has 114 valence electrons. The highest BCUT2D eigenvalue weighted by Gasteiger charge is 2.30. The van der Waals surface area contributed by atoms with Crippen molar-refractivity contribution in [1.29, 1.82) is 0 Å². The van der Waals surface area contributed by atoms with E-state index in [9.17, 15) is 19.8 Å². The largest absolute Gasteiger partial charge is 0.380 e. The van der Waals surface area contributed by atoms with E-state index in [1.54, 1.807) is 60.7 Å². The monoisotopic (exact) mass is 300 g/mol. The van der Waals surface area contributed by atoms with Crippen molar-refractivity contribution in [2.45, 2.75) is 12.2 Å². The number of carbonyl (C=O) groups excluding carboxylic acids is 2. The number of aliphatic hydroxyl groups is 2. The molecule has 0 spiro atoms. The number of amides is 2. The summed E-state index contributed by atoms with van der Waals surface area (Å²) in [4.78, 5) is 23.6. The van der Waals surface area contributed by atoms with Crippen molar-refractivity contribution >= 4 is 23.2 Å². The van der Waals surface area contributed by atoms with Crippen molar-refractivity contribution in [2.24, 2.45) is 0 Å². The Bertz CT molecular complexity index is 574. The van der Waals surface area contributed by atoms with E-state index in [1.807, 2.05) is 0 Å². The van der Waals surface area contributed by atoms with Gasteiger partial charge in [-0.2, -0.15) is 0 Å². The molecule has 0 saturated heterocycles. The number of hydrogen-bond acceptors (Lipinski definition) is 4. The Morgan fingerprint density at radius 3 is 1.32 bits per heavy atom. The molecule has 2 rings (SSSR count). The van der Waals surface area contributed by atoms with E-state index < -0.39 is 24.0 Å². The second-order valence-corrected chi connectivity index (χ2v) is 4.60. The van der Waals surface area contributed by atoms with E-state index in [2.05, 4.69) is 10.6 Å². The van der Waals surface area contributed by atoms with Crippen LogP contribution in [0.1, 0.15) is 0 Å². The Kier molecular flexibility index (Phi) is 5.24. The zero-order chi connectivity index (χ0) is 15.9. The average Bonchev–Trinajstić information content (AvgIpc) is 2.55. The van der Waals surface area contributed by atoms with Gasteiger partial charge in [0.25, 0.3) is 11.8 Å². The van der Waals surface area contributed by atoms with E-state index in [1.165, 1.54) is 0 Å². The first kappa shape index (κ1) is 15.7. The molecule has 2 amide bonds. The van der Waals surface area contributed by atoms with Gasteiger partial charge in [0.1, 0.15) is 0 Å². The van der Waals surface area contributed by atoms with E-state index in [4.69, 9.17) is 0 Å². The first-order valence-corrected chi connectivity index (χ1v) is 6.66. The molecule has 22 heavy (non-hydrogen) atoms. The fraction of sp³-hybridized carbons (Fsp3) is 0.125. The standard InChI is InChI=1S/C16H16N2O4/c19-13(15(21)17-11-7-3-1-4-8-11)14(20)16(22)18-12-9-5-2-6-10-12/h1-10,13-14,19-20H,(H,17,21)(H,18,22)/t13-,14-/m0/s1. The van der Waals surface area contributed by atoms with Crippen LogP contribution in [0.2, 0.25) is 0 Å². The number of rotatable bonds is 5. The summed E-state index contributed by atoms with van der Waals surface area (Å²) < 4.78 is 0. The Balaban J connectivity index is 1.94. The number of benzene rings is 2. The molecule has 2 aromatic carbocycles. The van der Waals surface area contributed by atoms with Crippen LogP contribution in [0.15, 0.2) is 60.7 Å². The van der Waals surface area contributed by atoms with Gasteiger partial charge in [0.05, 0.1) is 0 Å². The number of carbonyl (C=O) groups is 2. The number of aliphatic hydroxyl groups excluding tert-OH is 2. The fourth-order valence-electron chi connectivity index (χ4n) is 1.76. The quantitative estimate of drug-likeness (QED) is 0.661. The van der Waals surface area contributed by atoms with Gasteiger partial charge in [-0.1, -0.05) is 36.4 Å². The summed E-state index contributed by atoms with van der Waals surface area (Å²) in [6.07, 6.45) is -3.74. The lowest BCUT2D eigenvalue weighted by atomic mass is 10.1. The first-order valence-electron chi connectivity index (χ1n) is 6.66. The maximum absolute atomic E-state index is 11.8. The predicted octanol–water partition coefficient (Wildman–Crippen LogP) is 0.986. The van der Waals surface area contributed by atoms with Crippen molar-refractivity contribution in [3.63, 3.8) is 0 Å². The summed E-state index contributed by atoms with van der Waals surface area (Å²) in [5.74, 6) is -1.72. The highest BCUT2D eigenvalue weighted by atomic mass is 16.3. The predicted molar refractivity (Wildman–Crippen MR) is 82.2 cm³/mol. The maximum Gasteiger partial charge on any atom is 0.256 e. The summed E-state index contributed by atoms with van der Waals surface area (Å²) in [5.41, 5.74) is 0.921. The van der Waals surface area contributed by atoms with Gasteiger partial charge in [-0.25, -0.2) is 0 Å². The van der Waals surface area contributed by atoms with Gasteiger partial charge in [0, 0.05) is 11.4 Å². The molecule has 0 radical (unpaired) electrons. The third-order valence-electron chi connectivity index (χ3n) is 2.92. The van der Waals surface area contributed by atoms with Gasteiger partial charge in [-0.15, -0.1) is 0 Å². The SMILES string of the molecule is O=C(Nc1ccccc1)[C@@H](O)[C@H](O)C(=O)Nc1ccccc1. The van der Waals surface area contributed by atoms with Crippen LogP contribution in [0.5, 0.6) is 0 Å². The molecule has 2 atom stereocenters. The number of para-hydroxylation sites is 2. The van der Waals surface area contributed by atoms with E-state index in [0.717, 1.165) is 0 Å². The van der Waals surface area contributed by atoms with Gasteiger partial charge in [0.15, 0.2) is 12.2 Å². The molecule has 0 aromatic heterocycles. The van der Waals surface area contributed by atoms with Gasteiger partial charge < -0.3 is 20.8 Å². The fourth-order valence-corrected chi connectivity index (χ4v) is 1.76. The minimum absolute atomic E-state index is 0.460. The summed E-state index contributed by atoms with van der Waals surface area (Å²) >= 11 is 0. The van der Waals surface area contributed by atoms with Crippen LogP contribution in [0.4, 0.5) is 11.4 Å². The van der Waals surface area contributed by atoms with Crippen LogP contribution in [-0.4, -0.2) is 34.2 Å². The van der Waals surface area contributed by atoms with Crippen LogP contribution in [0, 0.1) is 0 Å². The topological polar surface area (TPSA) is 98.7 Å². The normalized spacial score (nSPS) is 13.0. The van der Waals surface area contributed by atoms with Crippen LogP contribution in [0.25, 0.3) is 0 Å². The summed E-state index contributed by atoms with van der Waals surface area (Å²) in [5, 5.41) is 24.4. The lowest BCUT2D eigenvalue weighted by Crippen LogP contribution is -2.45. The molecule has 6 nitrogen and oxygen atoms in total. The number of anilines is 2. The Hall–Kier alpha value is -2.70. The number of nitrogens with one attached hydrogen (secondary N) is 2. The lowest BCUT2D eigenvalue weighted by molar-refractivity contribution is -0.139. The van der Waals surface area contributed by atoms with E-state index >= 15 is 0 Å². The van der Waals surface area contributed by atoms with Crippen molar-refractivity contribution in [2.75, 3.05) is 10.6 Å². The highest BCUT2D eigenvalue weighted by molar-refractivity contribution is 6.02. The molecule has 0 aliphatic heterocycles. The molecule has 0 bridgehead atoms. The zero-order valence-electron chi connectivity index (χ0n) is 11.6.